The zero-order valence-corrected chi connectivity index (χ0v) is 21.5. The molecule has 200 valence electrons. The number of rotatable bonds is 8. The first-order valence-corrected chi connectivity index (χ1v) is 13.1. The maximum Gasteiger partial charge on any atom is 0.336 e. The lowest BCUT2D eigenvalue weighted by Gasteiger charge is -2.14. The second-order valence-corrected chi connectivity index (χ2v) is 9.51. The molecule has 2 amide bonds. The molecule has 0 aliphatic heterocycles. The summed E-state index contributed by atoms with van der Waals surface area (Å²) in [6, 6.07) is 17.6. The Bertz CT molecular complexity index is 1440. The van der Waals surface area contributed by atoms with Crippen molar-refractivity contribution in [2.75, 3.05) is 18.1 Å². The smallest absolute Gasteiger partial charge is 0.336 e. The molecule has 12 heteroatoms. The largest absolute Gasteiger partial charge is 0.478 e. The van der Waals surface area contributed by atoms with Crippen LogP contribution in [-0.2, 0) is 10.1 Å². The average molecular weight is 541 g/mol. The molecule has 0 bridgehead atoms. The number of nitrogens with one attached hydrogen (secondary N) is 3. The van der Waals surface area contributed by atoms with Gasteiger partial charge in [-0.1, -0.05) is 31.2 Å². The quantitative estimate of drug-likeness (QED) is 0.142. The third kappa shape index (κ3) is 8.84. The van der Waals surface area contributed by atoms with Gasteiger partial charge < -0.3 is 21.5 Å². The van der Waals surface area contributed by atoms with Crippen molar-refractivity contribution in [3.05, 3.63) is 89.0 Å². The van der Waals surface area contributed by atoms with E-state index in [1.165, 1.54) is 12.1 Å². The number of carbonyl (C=O) groups excluding carboxylic acids is 2. The molecule has 3 aromatic rings. The summed E-state index contributed by atoms with van der Waals surface area (Å²) in [4.78, 5) is 37.3. The molecule has 3 aromatic carbocycles. The highest BCUT2D eigenvalue weighted by Gasteiger charge is 2.20. The van der Waals surface area contributed by atoms with Crippen molar-refractivity contribution in [1.82, 2.24) is 5.32 Å². The molecular weight excluding hydrogens is 512 g/mol. The summed E-state index contributed by atoms with van der Waals surface area (Å²) in [5.41, 5.74) is 7.67. The number of hydrogen-bond acceptors (Lipinski definition) is 6. The molecule has 0 aliphatic carbocycles. The Kier molecular flexibility index (Phi) is 10.3. The molecule has 0 heterocycles. The van der Waals surface area contributed by atoms with E-state index in [2.05, 4.69) is 10.6 Å². The number of nitrogens with two attached hydrogens (primary N) is 1. The second kappa shape index (κ2) is 13.1. The van der Waals surface area contributed by atoms with Gasteiger partial charge in [0.25, 0.3) is 21.9 Å². The Morgan fingerprint density at radius 3 is 2.00 bits per heavy atom. The predicted molar refractivity (Wildman–Crippen MR) is 144 cm³/mol. The van der Waals surface area contributed by atoms with E-state index in [0.717, 1.165) is 6.42 Å². The topological polar surface area (TPSA) is 200 Å². The van der Waals surface area contributed by atoms with Crippen molar-refractivity contribution in [2.45, 2.75) is 13.3 Å². The normalized spacial score (nSPS) is 10.5. The Labute approximate surface area is 220 Å². The number of hydrogen-bond donors (Lipinski definition) is 6. The van der Waals surface area contributed by atoms with Gasteiger partial charge >= 0.3 is 5.97 Å². The van der Waals surface area contributed by atoms with Gasteiger partial charge in [-0.3, -0.25) is 19.6 Å². The molecule has 0 fully saturated rings. The fraction of sp³-hybridized carbons (Fsp3) is 0.154. The van der Waals surface area contributed by atoms with Crippen molar-refractivity contribution in [3.8, 4) is 11.1 Å². The van der Waals surface area contributed by atoms with Crippen LogP contribution in [0.25, 0.3) is 11.1 Å². The molecule has 7 N–H and O–H groups in total. The lowest BCUT2D eigenvalue weighted by atomic mass is 9.93. The Morgan fingerprint density at radius 1 is 0.895 bits per heavy atom. The minimum atomic E-state index is -3.67. The van der Waals surface area contributed by atoms with E-state index < -0.39 is 22.0 Å². The van der Waals surface area contributed by atoms with E-state index in [-0.39, 0.29) is 28.4 Å². The molecule has 11 nitrogen and oxygen atoms in total. The second-order valence-electron chi connectivity index (χ2n) is 8.05. The first kappa shape index (κ1) is 29.7. The van der Waals surface area contributed by atoms with Crippen LogP contribution < -0.4 is 16.4 Å². The van der Waals surface area contributed by atoms with Gasteiger partial charge in [-0.2, -0.15) is 8.42 Å². The number of carbonyl (C=O) groups is 3. The van der Waals surface area contributed by atoms with E-state index in [1.807, 2.05) is 6.92 Å². The summed E-state index contributed by atoms with van der Waals surface area (Å²) >= 11 is 0. The Hall–Kier alpha value is -4.55. The highest BCUT2D eigenvalue weighted by Crippen LogP contribution is 2.29. The van der Waals surface area contributed by atoms with Gasteiger partial charge in [0.05, 0.1) is 11.8 Å². The third-order valence-electron chi connectivity index (χ3n) is 4.96. The molecule has 0 spiro atoms. The number of amidine groups is 1. The maximum atomic E-state index is 13.0. The summed E-state index contributed by atoms with van der Waals surface area (Å²) in [6.07, 6.45) is 1.47. The predicted octanol–water partition coefficient (Wildman–Crippen LogP) is 3.23. The molecular formula is C26H28N4O7S. The molecule has 0 radical (unpaired) electrons. The van der Waals surface area contributed by atoms with E-state index in [4.69, 9.17) is 15.7 Å². The van der Waals surface area contributed by atoms with Crippen LogP contribution in [0.3, 0.4) is 0 Å². The van der Waals surface area contributed by atoms with E-state index in [9.17, 15) is 27.9 Å². The first-order chi connectivity index (χ1) is 17.8. The molecule has 0 aromatic heterocycles. The summed E-state index contributed by atoms with van der Waals surface area (Å²) < 4.78 is 25.9. The lowest BCUT2D eigenvalue weighted by Crippen LogP contribution is -2.24. The van der Waals surface area contributed by atoms with Gasteiger partial charge in [0.1, 0.15) is 5.84 Å². The lowest BCUT2D eigenvalue weighted by molar-refractivity contribution is 0.0697. The Balaban J connectivity index is 0.000000926. The highest BCUT2D eigenvalue weighted by molar-refractivity contribution is 7.85. The van der Waals surface area contributed by atoms with Crippen LogP contribution in [0.2, 0.25) is 0 Å². The molecule has 3 rings (SSSR count). The van der Waals surface area contributed by atoms with E-state index >= 15 is 0 Å². The number of carboxylic acids is 1. The summed E-state index contributed by atoms with van der Waals surface area (Å²) in [5.74, 6) is -2.07. The van der Waals surface area contributed by atoms with Crippen molar-refractivity contribution >= 4 is 39.4 Å². The van der Waals surface area contributed by atoms with Gasteiger partial charge in [-0.25, -0.2) is 4.79 Å². The zero-order valence-electron chi connectivity index (χ0n) is 20.7. The van der Waals surface area contributed by atoms with Crippen LogP contribution in [0, 0.1) is 5.41 Å². The van der Waals surface area contributed by atoms with Crippen LogP contribution in [-0.4, -0.2) is 54.5 Å². The fourth-order valence-electron chi connectivity index (χ4n) is 3.29. The van der Waals surface area contributed by atoms with Crippen molar-refractivity contribution in [1.29, 1.82) is 5.41 Å². The van der Waals surface area contributed by atoms with Crippen LogP contribution in [0.4, 0.5) is 5.69 Å². The van der Waals surface area contributed by atoms with Gasteiger partial charge in [0, 0.05) is 28.9 Å². The SMILES string of the molecule is CCCNC(=O)c1ccc(-c2ccccc2C(=O)Nc2ccc(C(=N)N)cc2)c(C(=O)O)c1.CS(=O)(=O)O. The number of amides is 2. The maximum absolute atomic E-state index is 13.0. The molecule has 38 heavy (non-hydrogen) atoms. The third-order valence-corrected chi connectivity index (χ3v) is 4.96. The molecule has 0 saturated heterocycles. The summed E-state index contributed by atoms with van der Waals surface area (Å²) in [7, 11) is -3.67. The minimum Gasteiger partial charge on any atom is -0.478 e. The van der Waals surface area contributed by atoms with Crippen LogP contribution in [0.15, 0.2) is 66.7 Å². The van der Waals surface area contributed by atoms with Crippen LogP contribution in [0.5, 0.6) is 0 Å². The summed E-state index contributed by atoms with van der Waals surface area (Å²) in [5, 5.41) is 22.7. The number of aromatic carboxylic acids is 1. The van der Waals surface area contributed by atoms with Crippen molar-refractivity contribution < 1.29 is 32.5 Å². The van der Waals surface area contributed by atoms with Gasteiger partial charge in [0.2, 0.25) is 0 Å². The number of anilines is 1. The van der Waals surface area contributed by atoms with Crippen molar-refractivity contribution in [3.63, 3.8) is 0 Å². The molecule has 0 saturated carbocycles. The van der Waals surface area contributed by atoms with Crippen LogP contribution >= 0.6 is 0 Å². The molecule has 0 atom stereocenters. The van der Waals surface area contributed by atoms with E-state index in [0.29, 0.717) is 35.2 Å². The first-order valence-electron chi connectivity index (χ1n) is 11.2. The average Bonchev–Trinajstić information content (AvgIpc) is 2.86. The van der Waals surface area contributed by atoms with Crippen molar-refractivity contribution in [2.24, 2.45) is 5.73 Å². The fourth-order valence-corrected chi connectivity index (χ4v) is 3.29. The number of carboxylic acid groups (broad SMARTS) is 1. The van der Waals surface area contributed by atoms with Crippen LogP contribution in [0.1, 0.15) is 50.0 Å². The van der Waals surface area contributed by atoms with Gasteiger partial charge in [0.15, 0.2) is 0 Å². The molecule has 0 unspecified atom stereocenters. The highest BCUT2D eigenvalue weighted by atomic mass is 32.2. The zero-order chi connectivity index (χ0) is 28.5. The van der Waals surface area contributed by atoms with Gasteiger partial charge in [-0.15, -0.1) is 0 Å². The van der Waals surface area contributed by atoms with Gasteiger partial charge in [-0.05, 0) is 60.0 Å². The Morgan fingerprint density at radius 2 is 1.45 bits per heavy atom. The van der Waals surface area contributed by atoms with E-state index in [1.54, 1.807) is 54.6 Å². The number of benzene rings is 3. The monoisotopic (exact) mass is 540 g/mol. The molecule has 0 aliphatic rings. The number of nitrogen functional groups attached to an aromatic ring is 1. The minimum absolute atomic E-state index is 0.0776. The standard InChI is InChI=1S/C25H24N4O4.CH4O3S/c1-2-13-28-23(30)16-9-12-19(21(14-16)25(32)33)18-5-3-4-6-20(18)24(31)29-17-10-7-15(8-11-17)22(26)27;1-5(2,3)4/h3-12,14H,2,13H2,1H3,(H3,26,27)(H,28,30)(H,29,31)(H,32,33);1H3,(H,2,3,4). The summed E-state index contributed by atoms with van der Waals surface area (Å²) in [6.45, 7) is 2.41.